The highest BCUT2D eigenvalue weighted by atomic mass is 35.5. The van der Waals surface area contributed by atoms with Crippen LogP contribution < -0.4 is 5.32 Å². The number of hydrogen-bond donors (Lipinski definition) is 1. The van der Waals surface area contributed by atoms with Gasteiger partial charge in [0.1, 0.15) is 0 Å². The Kier molecular flexibility index (Phi) is 6.04. The van der Waals surface area contributed by atoms with E-state index in [-0.39, 0.29) is 29.4 Å². The molecule has 4 nitrogen and oxygen atoms in total. The molecule has 0 atom stereocenters. The first-order valence-electron chi connectivity index (χ1n) is 6.90. The van der Waals surface area contributed by atoms with E-state index in [4.69, 9.17) is 23.2 Å². The highest BCUT2D eigenvalue weighted by molar-refractivity contribution is 7.91. The molecule has 0 heterocycles. The molecule has 7 heteroatoms. The molecule has 2 aromatic carbocycles. The van der Waals surface area contributed by atoms with E-state index in [1.807, 2.05) is 0 Å². The Balaban J connectivity index is 1.86. The molecule has 0 unspecified atom stereocenters. The first-order valence-corrected chi connectivity index (χ1v) is 9.31. The van der Waals surface area contributed by atoms with Gasteiger partial charge in [-0.3, -0.25) is 4.79 Å². The zero-order valence-electron chi connectivity index (χ0n) is 12.1. The maximum Gasteiger partial charge on any atom is 0.224 e. The highest BCUT2D eigenvalue weighted by Crippen LogP contribution is 2.17. The van der Waals surface area contributed by atoms with Crippen molar-refractivity contribution in [2.24, 2.45) is 0 Å². The number of carbonyl (C=O) groups excluding carboxylic acids is 1. The van der Waals surface area contributed by atoms with Gasteiger partial charge < -0.3 is 5.32 Å². The van der Waals surface area contributed by atoms with Crippen molar-refractivity contribution in [3.8, 4) is 0 Å². The van der Waals surface area contributed by atoms with Gasteiger partial charge in [0.15, 0.2) is 9.84 Å². The summed E-state index contributed by atoms with van der Waals surface area (Å²) in [4.78, 5) is 12.0. The van der Waals surface area contributed by atoms with Gasteiger partial charge in [-0.2, -0.15) is 0 Å². The van der Waals surface area contributed by atoms with Crippen LogP contribution in [0.5, 0.6) is 0 Å². The summed E-state index contributed by atoms with van der Waals surface area (Å²) in [6, 6.07) is 12.8. The van der Waals surface area contributed by atoms with E-state index < -0.39 is 9.84 Å². The number of nitrogens with one attached hydrogen (secondary N) is 1. The number of benzene rings is 2. The Morgan fingerprint density at radius 3 is 2.35 bits per heavy atom. The van der Waals surface area contributed by atoms with Crippen molar-refractivity contribution in [3.05, 3.63) is 58.6 Å². The lowest BCUT2D eigenvalue weighted by Gasteiger charge is -2.06. The van der Waals surface area contributed by atoms with E-state index in [1.165, 1.54) is 24.3 Å². The lowest BCUT2D eigenvalue weighted by atomic mass is 10.3. The third-order valence-electron chi connectivity index (χ3n) is 3.10. The van der Waals surface area contributed by atoms with E-state index in [9.17, 15) is 13.2 Å². The topological polar surface area (TPSA) is 63.2 Å². The first-order chi connectivity index (χ1) is 10.9. The fraction of sp³-hybridized carbons (Fsp3) is 0.188. The molecule has 0 aliphatic rings. The van der Waals surface area contributed by atoms with Gasteiger partial charge in [0.2, 0.25) is 5.91 Å². The molecule has 0 saturated heterocycles. The van der Waals surface area contributed by atoms with E-state index in [2.05, 4.69) is 5.32 Å². The summed E-state index contributed by atoms with van der Waals surface area (Å²) >= 11 is 11.6. The largest absolute Gasteiger partial charge is 0.326 e. The predicted octanol–water partition coefficient (Wildman–Crippen LogP) is 4.19. The summed E-state index contributed by atoms with van der Waals surface area (Å²) in [6.45, 7) is 0. The number of hydrogen-bond acceptors (Lipinski definition) is 3. The number of amides is 1. The number of carbonyl (C=O) groups is 1. The van der Waals surface area contributed by atoms with Gasteiger partial charge in [0.05, 0.1) is 10.6 Å². The van der Waals surface area contributed by atoms with Crippen molar-refractivity contribution in [2.75, 3.05) is 11.1 Å². The van der Waals surface area contributed by atoms with Gasteiger partial charge in [0.25, 0.3) is 0 Å². The lowest BCUT2D eigenvalue weighted by Crippen LogP contribution is -2.14. The Hall–Kier alpha value is -1.56. The quantitative estimate of drug-likeness (QED) is 0.827. The average Bonchev–Trinajstić information content (AvgIpc) is 2.47. The van der Waals surface area contributed by atoms with Crippen LogP contribution in [0.3, 0.4) is 0 Å². The number of sulfone groups is 1. The minimum absolute atomic E-state index is 0.0996. The van der Waals surface area contributed by atoms with Gasteiger partial charge in [-0.25, -0.2) is 8.42 Å². The molecule has 23 heavy (non-hydrogen) atoms. The van der Waals surface area contributed by atoms with Crippen molar-refractivity contribution < 1.29 is 13.2 Å². The second kappa shape index (κ2) is 7.81. The smallest absolute Gasteiger partial charge is 0.224 e. The summed E-state index contributed by atoms with van der Waals surface area (Å²) in [5.74, 6) is -0.351. The zero-order chi connectivity index (χ0) is 16.9. The summed E-state index contributed by atoms with van der Waals surface area (Å²) in [5, 5.41) is 3.68. The predicted molar refractivity (Wildman–Crippen MR) is 92.8 cm³/mol. The van der Waals surface area contributed by atoms with Gasteiger partial charge in [-0.05, 0) is 48.9 Å². The van der Waals surface area contributed by atoms with Gasteiger partial charge in [-0.15, -0.1) is 0 Å². The van der Waals surface area contributed by atoms with Crippen molar-refractivity contribution in [3.63, 3.8) is 0 Å². The van der Waals surface area contributed by atoms with Crippen LogP contribution in [0.15, 0.2) is 53.4 Å². The zero-order valence-corrected chi connectivity index (χ0v) is 14.5. The van der Waals surface area contributed by atoms with Crippen molar-refractivity contribution in [1.29, 1.82) is 0 Å². The first kappa shape index (κ1) is 17.8. The fourth-order valence-electron chi connectivity index (χ4n) is 1.97. The van der Waals surface area contributed by atoms with Crippen molar-refractivity contribution in [1.82, 2.24) is 0 Å². The molecule has 0 radical (unpaired) electrons. The van der Waals surface area contributed by atoms with E-state index in [0.29, 0.717) is 15.7 Å². The maximum atomic E-state index is 12.1. The highest BCUT2D eigenvalue weighted by Gasteiger charge is 2.15. The second-order valence-electron chi connectivity index (χ2n) is 4.93. The second-order valence-corrected chi connectivity index (χ2v) is 7.92. The molecule has 0 bridgehead atoms. The molecular formula is C16H15Cl2NO3S. The normalized spacial score (nSPS) is 11.2. The van der Waals surface area contributed by atoms with Crippen molar-refractivity contribution in [2.45, 2.75) is 17.7 Å². The molecule has 0 aliphatic heterocycles. The molecule has 2 rings (SSSR count). The number of rotatable bonds is 6. The lowest BCUT2D eigenvalue weighted by molar-refractivity contribution is -0.116. The van der Waals surface area contributed by atoms with Crippen LogP contribution in [0.2, 0.25) is 10.0 Å². The third kappa shape index (κ3) is 5.53. The summed E-state index contributed by atoms with van der Waals surface area (Å²) < 4.78 is 24.3. The van der Waals surface area contributed by atoms with E-state index in [0.717, 1.165) is 0 Å². The average molecular weight is 372 g/mol. The Bertz CT molecular complexity index is 789. The molecule has 1 N–H and O–H groups in total. The van der Waals surface area contributed by atoms with Crippen LogP contribution in [0.1, 0.15) is 12.8 Å². The molecule has 2 aromatic rings. The van der Waals surface area contributed by atoms with Crippen LogP contribution in [-0.4, -0.2) is 20.1 Å². The van der Waals surface area contributed by atoms with Gasteiger partial charge in [-0.1, -0.05) is 29.3 Å². The molecule has 0 spiro atoms. The summed E-state index contributed by atoms with van der Waals surface area (Å²) in [6.07, 6.45) is 0.344. The van der Waals surface area contributed by atoms with E-state index in [1.54, 1.807) is 24.3 Å². The maximum absolute atomic E-state index is 12.1. The number of halogens is 2. The van der Waals surface area contributed by atoms with Crippen LogP contribution in [0.4, 0.5) is 5.69 Å². The monoisotopic (exact) mass is 371 g/mol. The van der Waals surface area contributed by atoms with Crippen molar-refractivity contribution >= 4 is 44.6 Å². The van der Waals surface area contributed by atoms with E-state index >= 15 is 0 Å². The third-order valence-corrected chi connectivity index (χ3v) is 5.40. The van der Waals surface area contributed by atoms with Gasteiger partial charge >= 0.3 is 0 Å². The number of anilines is 1. The molecule has 1 amide bonds. The van der Waals surface area contributed by atoms with Crippen LogP contribution >= 0.6 is 23.2 Å². The Morgan fingerprint density at radius 2 is 1.70 bits per heavy atom. The molecule has 0 fully saturated rings. The Labute approximate surface area is 145 Å². The fourth-order valence-corrected chi connectivity index (χ4v) is 3.60. The molecule has 122 valence electrons. The minimum Gasteiger partial charge on any atom is -0.326 e. The van der Waals surface area contributed by atoms with Crippen LogP contribution in [-0.2, 0) is 14.6 Å². The Morgan fingerprint density at radius 1 is 1.00 bits per heavy atom. The molecule has 0 saturated carbocycles. The van der Waals surface area contributed by atoms with Crippen LogP contribution in [0, 0.1) is 0 Å². The summed E-state index contributed by atoms with van der Waals surface area (Å²) in [7, 11) is -3.41. The standard InChI is InChI=1S/C16H15Cl2NO3S/c17-12-6-8-15(9-7-12)23(21,22)10-2-5-16(20)19-14-4-1-3-13(18)11-14/h1,3-4,6-9,11H,2,5,10H2,(H,19,20). The van der Waals surface area contributed by atoms with Gasteiger partial charge in [0, 0.05) is 22.2 Å². The molecule has 0 aliphatic carbocycles. The summed E-state index contributed by atoms with van der Waals surface area (Å²) in [5.41, 5.74) is 0.586. The molecular weight excluding hydrogens is 357 g/mol. The minimum atomic E-state index is -3.41. The van der Waals surface area contributed by atoms with Crippen LogP contribution in [0.25, 0.3) is 0 Å². The SMILES string of the molecule is O=C(CCCS(=O)(=O)c1ccc(Cl)cc1)Nc1cccc(Cl)c1. The molecule has 0 aromatic heterocycles.